The lowest BCUT2D eigenvalue weighted by molar-refractivity contribution is 0.148. The molecule has 6 heteroatoms. The van der Waals surface area contributed by atoms with E-state index < -0.39 is 11.6 Å². The first kappa shape index (κ1) is 15.8. The smallest absolute Gasteiger partial charge is 0.145 e. The van der Waals surface area contributed by atoms with Gasteiger partial charge in [0, 0.05) is 44.4 Å². The number of rotatable bonds is 5. The van der Waals surface area contributed by atoms with E-state index in [2.05, 4.69) is 26.1 Å². The van der Waals surface area contributed by atoms with Gasteiger partial charge in [0.15, 0.2) is 0 Å². The first-order valence-corrected chi connectivity index (χ1v) is 7.63. The molecule has 0 spiro atoms. The molecule has 1 heterocycles. The van der Waals surface area contributed by atoms with Crippen molar-refractivity contribution in [3.05, 3.63) is 33.8 Å². The van der Waals surface area contributed by atoms with Crippen LogP contribution in [0, 0.1) is 11.6 Å². The van der Waals surface area contributed by atoms with E-state index in [-0.39, 0.29) is 22.7 Å². The molecule has 2 rings (SSSR count). The zero-order valence-corrected chi connectivity index (χ0v) is 12.8. The number of nitrogens with zero attached hydrogens (tertiary/aromatic N) is 1. The summed E-state index contributed by atoms with van der Waals surface area (Å²) in [7, 11) is 0. The molecule has 1 aliphatic heterocycles. The molecule has 1 saturated heterocycles. The minimum Gasteiger partial charge on any atom is -0.396 e. The molecule has 3 nitrogen and oxygen atoms in total. The molecule has 0 bridgehead atoms. The monoisotopic (exact) mass is 348 g/mol. The maximum absolute atomic E-state index is 14.3. The average molecular weight is 349 g/mol. The van der Waals surface area contributed by atoms with Crippen LogP contribution >= 0.6 is 15.9 Å². The predicted molar refractivity (Wildman–Crippen MR) is 77.6 cm³/mol. The maximum atomic E-state index is 14.3. The molecule has 1 fully saturated rings. The molecule has 1 aromatic rings. The predicted octanol–water partition coefficient (Wildman–Crippen LogP) is 2.45. The van der Waals surface area contributed by atoms with Gasteiger partial charge in [0.1, 0.15) is 11.6 Å². The number of benzene rings is 1. The second kappa shape index (κ2) is 7.45. The fraction of sp³-hybridized carbons (Fsp3) is 0.571. The van der Waals surface area contributed by atoms with Crippen LogP contribution in [0.4, 0.5) is 8.78 Å². The van der Waals surface area contributed by atoms with Crippen LogP contribution < -0.4 is 5.32 Å². The summed E-state index contributed by atoms with van der Waals surface area (Å²) in [6, 6.07) is 2.34. The first-order chi connectivity index (χ1) is 9.65. The summed E-state index contributed by atoms with van der Waals surface area (Å²) in [5, 5.41) is 12.3. The number of piperazine rings is 1. The SMILES string of the molecule is OCCC[C@H](c1c(F)ccc(Br)c1F)N1CCNCC1. The Labute approximate surface area is 126 Å². The Hall–Kier alpha value is -0.560. The van der Waals surface area contributed by atoms with Crippen LogP contribution in [0.2, 0.25) is 0 Å². The fourth-order valence-corrected chi connectivity index (χ4v) is 2.98. The molecule has 0 unspecified atom stereocenters. The molecule has 0 aliphatic carbocycles. The van der Waals surface area contributed by atoms with E-state index in [9.17, 15) is 8.78 Å². The summed E-state index contributed by atoms with van der Waals surface area (Å²) in [6.07, 6.45) is 1.07. The second-order valence-corrected chi connectivity index (χ2v) is 5.78. The van der Waals surface area contributed by atoms with E-state index in [1.165, 1.54) is 12.1 Å². The number of hydrogen-bond donors (Lipinski definition) is 2. The summed E-state index contributed by atoms with van der Waals surface area (Å²) >= 11 is 3.12. The van der Waals surface area contributed by atoms with Crippen LogP contribution in [-0.2, 0) is 0 Å². The van der Waals surface area contributed by atoms with Gasteiger partial charge in [-0.2, -0.15) is 0 Å². The Kier molecular flexibility index (Phi) is 5.89. The molecule has 20 heavy (non-hydrogen) atoms. The minimum absolute atomic E-state index is 0.0276. The average Bonchev–Trinajstić information content (AvgIpc) is 2.47. The third kappa shape index (κ3) is 3.55. The lowest BCUT2D eigenvalue weighted by Gasteiger charge is -2.35. The van der Waals surface area contributed by atoms with Crippen LogP contribution in [0.3, 0.4) is 0 Å². The summed E-state index contributed by atoms with van der Waals surface area (Å²) in [6.45, 7) is 3.16. The molecule has 2 N–H and O–H groups in total. The van der Waals surface area contributed by atoms with Crippen molar-refractivity contribution in [1.82, 2.24) is 10.2 Å². The molecular weight excluding hydrogens is 330 g/mol. The third-order valence-corrected chi connectivity index (χ3v) is 4.25. The molecule has 112 valence electrons. The van der Waals surface area contributed by atoms with Crippen molar-refractivity contribution in [3.63, 3.8) is 0 Å². The Morgan fingerprint density at radius 2 is 2.00 bits per heavy atom. The third-order valence-electron chi connectivity index (χ3n) is 3.64. The van der Waals surface area contributed by atoms with Gasteiger partial charge in [0.05, 0.1) is 4.47 Å². The van der Waals surface area contributed by atoms with E-state index in [0.717, 1.165) is 26.2 Å². The molecule has 0 radical (unpaired) electrons. The van der Waals surface area contributed by atoms with Gasteiger partial charge in [0.25, 0.3) is 0 Å². The largest absolute Gasteiger partial charge is 0.396 e. The van der Waals surface area contributed by atoms with Gasteiger partial charge >= 0.3 is 0 Å². The van der Waals surface area contributed by atoms with Gasteiger partial charge in [-0.25, -0.2) is 8.78 Å². The van der Waals surface area contributed by atoms with Crippen LogP contribution in [0.15, 0.2) is 16.6 Å². The Balaban J connectivity index is 2.32. The summed E-state index contributed by atoms with van der Waals surface area (Å²) in [5.41, 5.74) is 0.106. The van der Waals surface area contributed by atoms with Gasteiger partial charge < -0.3 is 10.4 Å². The second-order valence-electron chi connectivity index (χ2n) is 4.92. The zero-order valence-electron chi connectivity index (χ0n) is 11.2. The number of hydrogen-bond acceptors (Lipinski definition) is 3. The Morgan fingerprint density at radius 3 is 2.65 bits per heavy atom. The summed E-state index contributed by atoms with van der Waals surface area (Å²) in [4.78, 5) is 2.08. The van der Waals surface area contributed by atoms with Crippen LogP contribution in [0.5, 0.6) is 0 Å². The highest BCUT2D eigenvalue weighted by molar-refractivity contribution is 9.10. The highest BCUT2D eigenvalue weighted by Gasteiger charge is 2.28. The van der Waals surface area contributed by atoms with Gasteiger partial charge in [0.2, 0.25) is 0 Å². The normalized spacial score (nSPS) is 18.2. The number of aliphatic hydroxyl groups excluding tert-OH is 1. The van der Waals surface area contributed by atoms with Crippen molar-refractivity contribution in [2.45, 2.75) is 18.9 Å². The number of aliphatic hydroxyl groups is 1. The van der Waals surface area contributed by atoms with Crippen molar-refractivity contribution >= 4 is 15.9 Å². The summed E-state index contributed by atoms with van der Waals surface area (Å²) < 4.78 is 28.7. The first-order valence-electron chi connectivity index (χ1n) is 6.84. The molecule has 0 amide bonds. The zero-order chi connectivity index (χ0) is 14.5. The standard InChI is InChI=1S/C14H19BrF2N2O/c15-10-3-4-11(16)13(14(10)17)12(2-1-9-20)19-7-5-18-6-8-19/h3-4,12,18,20H,1-2,5-9H2/t12-/m1/s1. The molecular formula is C14H19BrF2N2O. The molecule has 1 aromatic carbocycles. The van der Waals surface area contributed by atoms with Gasteiger partial charge in [-0.3, -0.25) is 4.90 Å². The van der Waals surface area contributed by atoms with Crippen LogP contribution in [0.25, 0.3) is 0 Å². The number of nitrogens with one attached hydrogen (secondary N) is 1. The van der Waals surface area contributed by atoms with E-state index in [1.807, 2.05) is 0 Å². The van der Waals surface area contributed by atoms with Gasteiger partial charge in [-0.05, 0) is 40.9 Å². The van der Waals surface area contributed by atoms with E-state index >= 15 is 0 Å². The van der Waals surface area contributed by atoms with Gasteiger partial charge in [-0.15, -0.1) is 0 Å². The maximum Gasteiger partial charge on any atom is 0.145 e. The number of halogens is 3. The molecule has 1 aliphatic rings. The molecule has 1 atom stereocenters. The highest BCUT2D eigenvalue weighted by Crippen LogP contribution is 2.33. The topological polar surface area (TPSA) is 35.5 Å². The van der Waals surface area contributed by atoms with Gasteiger partial charge in [-0.1, -0.05) is 0 Å². The van der Waals surface area contributed by atoms with Crippen molar-refractivity contribution in [2.75, 3.05) is 32.8 Å². The molecule has 0 saturated carbocycles. The quantitative estimate of drug-likeness (QED) is 0.802. The van der Waals surface area contributed by atoms with Crippen LogP contribution in [0.1, 0.15) is 24.4 Å². The summed E-state index contributed by atoms with van der Waals surface area (Å²) in [5.74, 6) is -1.06. The van der Waals surface area contributed by atoms with Crippen molar-refractivity contribution in [1.29, 1.82) is 0 Å². The Bertz CT molecular complexity index is 453. The Morgan fingerprint density at radius 1 is 1.30 bits per heavy atom. The minimum atomic E-state index is -0.536. The lowest BCUT2D eigenvalue weighted by Crippen LogP contribution is -2.45. The fourth-order valence-electron chi connectivity index (χ4n) is 2.64. The molecule has 0 aromatic heterocycles. The van der Waals surface area contributed by atoms with Crippen LogP contribution in [-0.4, -0.2) is 42.8 Å². The van der Waals surface area contributed by atoms with E-state index in [0.29, 0.717) is 12.8 Å². The van der Waals surface area contributed by atoms with E-state index in [1.54, 1.807) is 0 Å². The highest BCUT2D eigenvalue weighted by atomic mass is 79.9. The van der Waals surface area contributed by atoms with E-state index in [4.69, 9.17) is 5.11 Å². The van der Waals surface area contributed by atoms with Crippen molar-refractivity contribution in [2.24, 2.45) is 0 Å². The lowest BCUT2D eigenvalue weighted by atomic mass is 9.98. The van der Waals surface area contributed by atoms with Crippen molar-refractivity contribution < 1.29 is 13.9 Å². The van der Waals surface area contributed by atoms with Crippen molar-refractivity contribution in [3.8, 4) is 0 Å².